The minimum absolute atomic E-state index is 0.0557. The summed E-state index contributed by atoms with van der Waals surface area (Å²) >= 11 is 1.37. The van der Waals surface area contributed by atoms with Gasteiger partial charge in [-0.3, -0.25) is 9.59 Å². The van der Waals surface area contributed by atoms with Gasteiger partial charge in [0.15, 0.2) is 18.3 Å². The predicted octanol–water partition coefficient (Wildman–Crippen LogP) is 4.21. The third-order valence-corrected chi connectivity index (χ3v) is 4.65. The van der Waals surface area contributed by atoms with E-state index in [-0.39, 0.29) is 31.0 Å². The van der Waals surface area contributed by atoms with E-state index in [1.54, 1.807) is 18.2 Å². The Morgan fingerprint density at radius 2 is 1.96 bits per heavy atom. The maximum absolute atomic E-state index is 12.9. The van der Waals surface area contributed by atoms with E-state index >= 15 is 0 Å². The van der Waals surface area contributed by atoms with Crippen LogP contribution in [0.2, 0.25) is 0 Å². The normalized spacial score (nSPS) is 10.7. The van der Waals surface area contributed by atoms with Crippen molar-refractivity contribution in [1.29, 1.82) is 0 Å². The van der Waals surface area contributed by atoms with Gasteiger partial charge in [0.1, 0.15) is 5.82 Å². The number of oxazole rings is 1. The highest BCUT2D eigenvalue weighted by atomic mass is 32.1. The van der Waals surface area contributed by atoms with Gasteiger partial charge in [0.25, 0.3) is 0 Å². The Balaban J connectivity index is 1.47. The highest BCUT2D eigenvalue weighted by Crippen LogP contribution is 2.21. The van der Waals surface area contributed by atoms with Crippen LogP contribution in [0.5, 0.6) is 0 Å². The molecule has 0 bridgehead atoms. The third-order valence-electron chi connectivity index (χ3n) is 3.60. The summed E-state index contributed by atoms with van der Waals surface area (Å²) in [6, 6.07) is 9.42. The minimum atomic E-state index is -0.492. The fourth-order valence-corrected chi connectivity index (χ4v) is 3.05. The van der Waals surface area contributed by atoms with E-state index in [0.717, 1.165) is 4.88 Å². The molecule has 5 nitrogen and oxygen atoms in total. The Kier molecular flexibility index (Phi) is 5.58. The molecular formula is C19H16FNO4S. The summed E-state index contributed by atoms with van der Waals surface area (Å²) in [6.45, 7) is 1.63. The number of thiophene rings is 1. The first-order valence-corrected chi connectivity index (χ1v) is 8.79. The number of carbonyl (C=O) groups is 2. The lowest BCUT2D eigenvalue weighted by Crippen LogP contribution is -2.13. The van der Waals surface area contributed by atoms with Crippen LogP contribution in [0.15, 0.2) is 47.0 Å². The fraction of sp³-hybridized carbons (Fsp3) is 0.211. The van der Waals surface area contributed by atoms with Gasteiger partial charge in [-0.25, -0.2) is 9.37 Å². The molecule has 26 heavy (non-hydrogen) atoms. The zero-order valence-electron chi connectivity index (χ0n) is 14.0. The highest BCUT2D eigenvalue weighted by molar-refractivity contribution is 7.14. The summed E-state index contributed by atoms with van der Waals surface area (Å²) in [7, 11) is 0. The number of Topliss-reactive ketones (excluding diaryl/α,β-unsaturated/α-hetero) is 1. The smallest absolute Gasteiger partial charge is 0.306 e. The molecule has 134 valence electrons. The van der Waals surface area contributed by atoms with Crippen LogP contribution in [0.3, 0.4) is 0 Å². The molecule has 0 aliphatic rings. The van der Waals surface area contributed by atoms with E-state index in [4.69, 9.17) is 9.15 Å². The number of aromatic nitrogens is 1. The molecule has 0 aliphatic heterocycles. The number of halogens is 1. The van der Waals surface area contributed by atoms with Gasteiger partial charge in [-0.1, -0.05) is 0 Å². The van der Waals surface area contributed by atoms with E-state index in [0.29, 0.717) is 22.1 Å². The number of carbonyl (C=O) groups excluding carboxylic acids is 2. The van der Waals surface area contributed by atoms with Crippen molar-refractivity contribution >= 4 is 23.1 Å². The number of hydrogen-bond acceptors (Lipinski definition) is 6. The van der Waals surface area contributed by atoms with Crippen LogP contribution in [0.25, 0.3) is 11.3 Å². The van der Waals surface area contributed by atoms with Crippen LogP contribution >= 0.6 is 11.3 Å². The van der Waals surface area contributed by atoms with Crippen molar-refractivity contribution in [3.63, 3.8) is 0 Å². The Bertz CT molecular complexity index is 914. The van der Waals surface area contributed by atoms with Gasteiger partial charge < -0.3 is 9.15 Å². The summed E-state index contributed by atoms with van der Waals surface area (Å²) in [5.74, 6) is -0.166. The monoisotopic (exact) mass is 373 g/mol. The highest BCUT2D eigenvalue weighted by Gasteiger charge is 2.13. The lowest BCUT2D eigenvalue weighted by molar-refractivity contribution is -0.142. The van der Waals surface area contributed by atoms with Gasteiger partial charge in [-0.2, -0.15) is 0 Å². The standard InChI is InChI=1S/C19H16FNO4S/c1-12-2-7-17(26-12)15(22)11-24-19(23)9-8-18-21-10-16(25-18)13-3-5-14(20)6-4-13/h2-7,10H,8-9,11H2,1H3. The first kappa shape index (κ1) is 18.0. The van der Waals surface area contributed by atoms with Crippen LogP contribution in [0.1, 0.15) is 26.9 Å². The van der Waals surface area contributed by atoms with Crippen LogP contribution < -0.4 is 0 Å². The van der Waals surface area contributed by atoms with Gasteiger partial charge in [0.2, 0.25) is 5.78 Å². The van der Waals surface area contributed by atoms with Crippen molar-refractivity contribution in [2.75, 3.05) is 6.61 Å². The largest absolute Gasteiger partial charge is 0.457 e. The van der Waals surface area contributed by atoms with Gasteiger partial charge >= 0.3 is 5.97 Å². The average molecular weight is 373 g/mol. The summed E-state index contributed by atoms with van der Waals surface area (Å²) in [6.07, 6.45) is 1.84. The van der Waals surface area contributed by atoms with Gasteiger partial charge in [0, 0.05) is 16.9 Å². The zero-order chi connectivity index (χ0) is 18.5. The molecule has 3 rings (SSSR count). The summed E-state index contributed by atoms with van der Waals surface area (Å²) in [5.41, 5.74) is 0.699. The minimum Gasteiger partial charge on any atom is -0.457 e. The SMILES string of the molecule is Cc1ccc(C(=O)COC(=O)CCc2ncc(-c3ccc(F)cc3)o2)s1. The molecule has 0 unspecified atom stereocenters. The molecule has 2 heterocycles. The second-order valence-corrected chi connectivity index (χ2v) is 6.91. The maximum Gasteiger partial charge on any atom is 0.306 e. The van der Waals surface area contributed by atoms with E-state index in [1.165, 1.54) is 29.7 Å². The van der Waals surface area contributed by atoms with E-state index < -0.39 is 5.97 Å². The molecule has 7 heteroatoms. The molecule has 0 atom stereocenters. The molecule has 1 aromatic carbocycles. The Hall–Kier alpha value is -2.80. The molecule has 0 spiro atoms. The van der Waals surface area contributed by atoms with Crippen LogP contribution in [-0.4, -0.2) is 23.3 Å². The Morgan fingerprint density at radius 3 is 2.65 bits per heavy atom. The lowest BCUT2D eigenvalue weighted by atomic mass is 10.2. The number of esters is 1. The number of hydrogen-bond donors (Lipinski definition) is 0. The molecule has 2 aromatic heterocycles. The van der Waals surface area contributed by atoms with Crippen LogP contribution in [0.4, 0.5) is 4.39 Å². The predicted molar refractivity (Wildman–Crippen MR) is 94.6 cm³/mol. The van der Waals surface area contributed by atoms with Gasteiger partial charge in [-0.15, -0.1) is 11.3 Å². The van der Waals surface area contributed by atoms with Gasteiger partial charge in [-0.05, 0) is 43.3 Å². The molecule has 0 aliphatic carbocycles. The second kappa shape index (κ2) is 8.05. The van der Waals surface area contributed by atoms with Crippen molar-refractivity contribution < 1.29 is 23.1 Å². The molecule has 0 saturated carbocycles. The van der Waals surface area contributed by atoms with Crippen molar-refractivity contribution in [2.45, 2.75) is 19.8 Å². The van der Waals surface area contributed by atoms with Crippen LogP contribution in [-0.2, 0) is 16.0 Å². The first-order chi connectivity index (χ1) is 12.5. The Morgan fingerprint density at radius 1 is 1.19 bits per heavy atom. The molecular weight excluding hydrogens is 357 g/mol. The molecule has 0 fully saturated rings. The van der Waals surface area contributed by atoms with E-state index in [9.17, 15) is 14.0 Å². The number of nitrogens with zero attached hydrogens (tertiary/aromatic N) is 1. The van der Waals surface area contributed by atoms with Crippen molar-refractivity contribution in [3.8, 4) is 11.3 Å². The molecule has 0 amide bonds. The third kappa shape index (κ3) is 4.64. The number of rotatable bonds is 7. The molecule has 3 aromatic rings. The molecule has 0 radical (unpaired) electrons. The topological polar surface area (TPSA) is 69.4 Å². The lowest BCUT2D eigenvalue weighted by Gasteiger charge is -2.02. The second-order valence-electron chi connectivity index (χ2n) is 5.62. The number of benzene rings is 1. The zero-order valence-corrected chi connectivity index (χ0v) is 14.8. The quantitative estimate of drug-likeness (QED) is 0.458. The van der Waals surface area contributed by atoms with Crippen molar-refractivity contribution in [3.05, 3.63) is 64.1 Å². The van der Waals surface area contributed by atoms with E-state index in [2.05, 4.69) is 4.98 Å². The van der Waals surface area contributed by atoms with E-state index in [1.807, 2.05) is 13.0 Å². The summed E-state index contributed by atoms with van der Waals surface area (Å²) in [5, 5.41) is 0. The number of ketones is 1. The molecule has 0 N–H and O–H groups in total. The fourth-order valence-electron chi connectivity index (χ4n) is 2.26. The summed E-state index contributed by atoms with van der Waals surface area (Å²) in [4.78, 5) is 29.4. The average Bonchev–Trinajstić information content (AvgIpc) is 3.27. The van der Waals surface area contributed by atoms with Crippen molar-refractivity contribution in [1.82, 2.24) is 4.98 Å². The Labute approximate surface area is 153 Å². The summed E-state index contributed by atoms with van der Waals surface area (Å²) < 4.78 is 23.5. The van der Waals surface area contributed by atoms with Gasteiger partial charge in [0.05, 0.1) is 17.5 Å². The van der Waals surface area contributed by atoms with Crippen LogP contribution in [0, 0.1) is 12.7 Å². The molecule has 0 saturated heterocycles. The van der Waals surface area contributed by atoms with Crippen molar-refractivity contribution in [2.24, 2.45) is 0 Å². The maximum atomic E-state index is 12.9. The number of ether oxygens (including phenoxy) is 1. The number of aryl methyl sites for hydroxylation is 2. The first-order valence-electron chi connectivity index (χ1n) is 7.97.